The molecule has 0 aromatic heterocycles. The van der Waals surface area contributed by atoms with Crippen molar-refractivity contribution in [2.45, 2.75) is 39.7 Å². The predicted octanol–water partition coefficient (Wildman–Crippen LogP) is 2.58. The van der Waals surface area contributed by atoms with Crippen molar-refractivity contribution in [3.05, 3.63) is 28.8 Å². The Morgan fingerprint density at radius 2 is 1.76 bits per heavy atom. The first kappa shape index (κ1) is 18.0. The lowest BCUT2D eigenvalue weighted by Gasteiger charge is -2.14. The lowest BCUT2D eigenvalue weighted by molar-refractivity contribution is 0.199. The third kappa shape index (κ3) is 6.93. The molecule has 0 heterocycles. The predicted molar refractivity (Wildman–Crippen MR) is 85.9 cm³/mol. The maximum atomic E-state index is 8.75. The molecule has 0 unspecified atom stereocenters. The monoisotopic (exact) mass is 295 g/mol. The van der Waals surface area contributed by atoms with Crippen molar-refractivity contribution in [1.82, 2.24) is 5.32 Å². The number of unbranched alkanes of at least 4 members (excludes halogenated alkanes) is 2. The lowest BCUT2D eigenvalue weighted by Crippen LogP contribution is -2.18. The van der Waals surface area contributed by atoms with E-state index < -0.39 is 0 Å². The molecule has 0 atom stereocenters. The van der Waals surface area contributed by atoms with Crippen molar-refractivity contribution < 1.29 is 14.6 Å². The van der Waals surface area contributed by atoms with Crippen LogP contribution in [0.1, 0.15) is 36.0 Å². The summed E-state index contributed by atoms with van der Waals surface area (Å²) in [5.41, 5.74) is 3.63. The number of rotatable bonds is 11. The highest BCUT2D eigenvalue weighted by Crippen LogP contribution is 2.25. The maximum Gasteiger partial charge on any atom is 0.125 e. The molecular formula is C17H29NO3. The van der Waals surface area contributed by atoms with Gasteiger partial charge >= 0.3 is 0 Å². The van der Waals surface area contributed by atoms with Crippen molar-refractivity contribution in [3.63, 3.8) is 0 Å². The zero-order valence-corrected chi connectivity index (χ0v) is 13.6. The second kappa shape index (κ2) is 10.6. The molecule has 0 aliphatic carbocycles. The van der Waals surface area contributed by atoms with Gasteiger partial charge in [-0.2, -0.15) is 0 Å². The van der Waals surface area contributed by atoms with Crippen LogP contribution in [0.25, 0.3) is 0 Å². The Morgan fingerprint density at radius 3 is 2.38 bits per heavy atom. The van der Waals surface area contributed by atoms with Crippen molar-refractivity contribution in [3.8, 4) is 5.75 Å². The number of aryl methyl sites for hydroxylation is 2. The second-order valence-corrected chi connectivity index (χ2v) is 5.36. The third-order valence-corrected chi connectivity index (χ3v) is 3.38. The minimum absolute atomic E-state index is 0.267. The van der Waals surface area contributed by atoms with E-state index in [1.165, 1.54) is 16.7 Å². The van der Waals surface area contributed by atoms with E-state index >= 15 is 0 Å². The first-order valence-electron chi connectivity index (χ1n) is 7.72. The molecule has 4 nitrogen and oxygen atoms in total. The van der Waals surface area contributed by atoms with Gasteiger partial charge in [-0.25, -0.2) is 0 Å². The molecule has 0 amide bonds. The van der Waals surface area contributed by atoms with Crippen LogP contribution < -0.4 is 10.1 Å². The number of benzene rings is 1. The molecule has 1 aromatic rings. The van der Waals surface area contributed by atoms with Crippen LogP contribution >= 0.6 is 0 Å². The summed E-state index contributed by atoms with van der Waals surface area (Å²) in [5, 5.41) is 12.1. The van der Waals surface area contributed by atoms with Crippen LogP contribution in [0.3, 0.4) is 0 Å². The molecule has 0 spiro atoms. The highest BCUT2D eigenvalue weighted by molar-refractivity contribution is 5.43. The fourth-order valence-electron chi connectivity index (χ4n) is 2.34. The largest absolute Gasteiger partial charge is 0.493 e. The van der Waals surface area contributed by atoms with Crippen LogP contribution in [0.4, 0.5) is 0 Å². The highest BCUT2D eigenvalue weighted by atomic mass is 16.5. The van der Waals surface area contributed by atoms with E-state index in [-0.39, 0.29) is 6.61 Å². The molecule has 4 heteroatoms. The van der Waals surface area contributed by atoms with Gasteiger partial charge in [0.15, 0.2) is 0 Å². The van der Waals surface area contributed by atoms with Gasteiger partial charge in [0.05, 0.1) is 13.2 Å². The molecule has 120 valence electrons. The number of aliphatic hydroxyl groups excluding tert-OH is 1. The number of nitrogens with one attached hydrogen (secondary N) is 1. The molecule has 1 rings (SSSR count). The number of aliphatic hydroxyl groups is 1. The van der Waals surface area contributed by atoms with E-state index in [0.717, 1.165) is 44.7 Å². The molecular weight excluding hydrogens is 266 g/mol. The minimum atomic E-state index is 0.267. The average Bonchev–Trinajstić information content (AvgIpc) is 2.46. The lowest BCUT2D eigenvalue weighted by atomic mass is 10.1. The summed E-state index contributed by atoms with van der Waals surface area (Å²) in [4.78, 5) is 0. The van der Waals surface area contributed by atoms with Gasteiger partial charge in [-0.1, -0.05) is 12.1 Å². The van der Waals surface area contributed by atoms with Crippen molar-refractivity contribution in [2.24, 2.45) is 0 Å². The zero-order chi connectivity index (χ0) is 15.5. The molecule has 0 bridgehead atoms. The van der Waals surface area contributed by atoms with Gasteiger partial charge in [0.1, 0.15) is 5.75 Å². The van der Waals surface area contributed by atoms with E-state index in [1.807, 2.05) is 0 Å². The topological polar surface area (TPSA) is 50.7 Å². The van der Waals surface area contributed by atoms with Crippen LogP contribution in [0.2, 0.25) is 0 Å². The summed E-state index contributed by atoms with van der Waals surface area (Å²) in [6, 6.07) is 4.35. The van der Waals surface area contributed by atoms with Gasteiger partial charge in [0, 0.05) is 26.8 Å². The smallest absolute Gasteiger partial charge is 0.125 e. The number of ether oxygens (including phenoxy) is 2. The number of methoxy groups -OCH3 is 1. The van der Waals surface area contributed by atoms with Crippen LogP contribution in [0, 0.1) is 13.8 Å². The van der Waals surface area contributed by atoms with Gasteiger partial charge < -0.3 is 19.9 Å². The third-order valence-electron chi connectivity index (χ3n) is 3.38. The molecule has 2 N–H and O–H groups in total. The van der Waals surface area contributed by atoms with Gasteiger partial charge in [-0.3, -0.25) is 0 Å². The van der Waals surface area contributed by atoms with Crippen molar-refractivity contribution in [2.75, 3.05) is 33.5 Å². The summed E-state index contributed by atoms with van der Waals surface area (Å²) in [5.74, 6) is 1.000. The molecule has 0 radical (unpaired) electrons. The first-order valence-corrected chi connectivity index (χ1v) is 7.72. The van der Waals surface area contributed by atoms with Crippen LogP contribution in [0.5, 0.6) is 5.75 Å². The fourth-order valence-corrected chi connectivity index (χ4v) is 2.34. The van der Waals surface area contributed by atoms with Gasteiger partial charge in [-0.15, -0.1) is 0 Å². The SMILES string of the molecule is COCCNCc1cc(C)c(OCCCCCO)c(C)c1. The summed E-state index contributed by atoms with van der Waals surface area (Å²) in [7, 11) is 1.71. The fraction of sp³-hybridized carbons (Fsp3) is 0.647. The molecule has 0 fully saturated rings. The summed E-state index contributed by atoms with van der Waals surface area (Å²) < 4.78 is 10.9. The molecule has 0 saturated heterocycles. The number of hydrogen-bond acceptors (Lipinski definition) is 4. The number of hydrogen-bond donors (Lipinski definition) is 2. The molecule has 0 aliphatic rings. The molecule has 21 heavy (non-hydrogen) atoms. The average molecular weight is 295 g/mol. The Morgan fingerprint density at radius 1 is 1.05 bits per heavy atom. The Balaban J connectivity index is 2.46. The van der Waals surface area contributed by atoms with Gasteiger partial charge in [0.2, 0.25) is 0 Å². The molecule has 0 aliphatic heterocycles. The van der Waals surface area contributed by atoms with Crippen molar-refractivity contribution in [1.29, 1.82) is 0 Å². The van der Waals surface area contributed by atoms with Crippen LogP contribution in [-0.2, 0) is 11.3 Å². The van der Waals surface area contributed by atoms with E-state index in [4.69, 9.17) is 14.6 Å². The molecule has 0 saturated carbocycles. The van der Waals surface area contributed by atoms with E-state index in [2.05, 4.69) is 31.3 Å². The highest BCUT2D eigenvalue weighted by Gasteiger charge is 2.06. The van der Waals surface area contributed by atoms with Crippen molar-refractivity contribution >= 4 is 0 Å². The maximum absolute atomic E-state index is 8.75. The quantitative estimate of drug-likeness (QED) is 0.616. The van der Waals surface area contributed by atoms with E-state index in [1.54, 1.807) is 7.11 Å². The Labute approximate surface area is 128 Å². The summed E-state index contributed by atoms with van der Waals surface area (Å²) in [6.45, 7) is 7.60. The van der Waals surface area contributed by atoms with Crippen LogP contribution in [-0.4, -0.2) is 38.6 Å². The summed E-state index contributed by atoms with van der Waals surface area (Å²) in [6.07, 6.45) is 2.85. The first-order chi connectivity index (χ1) is 10.2. The van der Waals surface area contributed by atoms with Gasteiger partial charge in [0.25, 0.3) is 0 Å². The Bertz CT molecular complexity index is 384. The summed E-state index contributed by atoms with van der Waals surface area (Å²) >= 11 is 0. The van der Waals surface area contributed by atoms with E-state index in [9.17, 15) is 0 Å². The van der Waals surface area contributed by atoms with Crippen LogP contribution in [0.15, 0.2) is 12.1 Å². The normalized spacial score (nSPS) is 10.9. The second-order valence-electron chi connectivity index (χ2n) is 5.36. The zero-order valence-electron chi connectivity index (χ0n) is 13.6. The molecule has 1 aromatic carbocycles. The Hall–Kier alpha value is -1.10. The minimum Gasteiger partial charge on any atom is -0.493 e. The Kier molecular flexibility index (Phi) is 9.06. The van der Waals surface area contributed by atoms with E-state index in [0.29, 0.717) is 6.61 Å². The standard InChI is InChI=1S/C17H29NO3/c1-14-11-16(13-18-7-10-20-3)12-15(2)17(14)21-9-6-4-5-8-19/h11-12,18-19H,4-10,13H2,1-3H3. The van der Waals surface area contributed by atoms with Gasteiger partial charge in [-0.05, 0) is 49.8 Å².